The van der Waals surface area contributed by atoms with Crippen molar-refractivity contribution in [1.82, 2.24) is 0 Å². The molecule has 0 aromatic heterocycles. The molecule has 1 atom stereocenters. The lowest BCUT2D eigenvalue weighted by molar-refractivity contribution is -0.150. The standard InChI is InChI=1S/C29H54O4/c1-3-5-7-9-10-11-12-13-14-16-19-23-27(33-29(32)26-22-8-6-4-2)24-20-17-15-18-21-25-28(30)31/h13-14,27H,3-12,15-26H2,1-2H3,(H,30,31)/b14-13-. The van der Waals surface area contributed by atoms with Gasteiger partial charge in [-0.05, 0) is 57.8 Å². The van der Waals surface area contributed by atoms with Crippen molar-refractivity contribution in [2.45, 2.75) is 161 Å². The highest BCUT2D eigenvalue weighted by molar-refractivity contribution is 5.69. The normalized spacial score (nSPS) is 12.3. The van der Waals surface area contributed by atoms with Crippen LogP contribution in [0.1, 0.15) is 155 Å². The minimum absolute atomic E-state index is 0.0313. The highest BCUT2D eigenvalue weighted by atomic mass is 16.5. The first-order chi connectivity index (χ1) is 16.1. The van der Waals surface area contributed by atoms with Crippen LogP contribution >= 0.6 is 0 Å². The summed E-state index contributed by atoms with van der Waals surface area (Å²) in [5.41, 5.74) is 0. The molecule has 0 saturated carbocycles. The second-order valence-corrected chi connectivity index (χ2v) is 9.58. The van der Waals surface area contributed by atoms with Crippen molar-refractivity contribution in [3.05, 3.63) is 12.2 Å². The molecule has 0 amide bonds. The van der Waals surface area contributed by atoms with Gasteiger partial charge in [0.2, 0.25) is 0 Å². The zero-order chi connectivity index (χ0) is 24.4. The molecule has 194 valence electrons. The molecule has 0 saturated heterocycles. The molecule has 0 spiro atoms. The number of carbonyl (C=O) groups excluding carboxylic acids is 1. The van der Waals surface area contributed by atoms with Crippen LogP contribution in [0.5, 0.6) is 0 Å². The zero-order valence-corrected chi connectivity index (χ0v) is 22.0. The Kier molecular flexibility index (Phi) is 24.3. The van der Waals surface area contributed by atoms with Crippen LogP contribution in [0.25, 0.3) is 0 Å². The highest BCUT2D eigenvalue weighted by Crippen LogP contribution is 2.17. The summed E-state index contributed by atoms with van der Waals surface area (Å²) in [6.45, 7) is 4.44. The van der Waals surface area contributed by atoms with Crippen LogP contribution in [0.15, 0.2) is 12.2 Å². The van der Waals surface area contributed by atoms with Crippen molar-refractivity contribution in [2.24, 2.45) is 0 Å². The lowest BCUT2D eigenvalue weighted by Crippen LogP contribution is -2.18. The number of esters is 1. The van der Waals surface area contributed by atoms with Gasteiger partial charge in [-0.2, -0.15) is 0 Å². The maximum Gasteiger partial charge on any atom is 0.306 e. The van der Waals surface area contributed by atoms with Crippen LogP contribution in [-0.4, -0.2) is 23.1 Å². The van der Waals surface area contributed by atoms with Crippen molar-refractivity contribution in [3.63, 3.8) is 0 Å². The molecule has 0 bridgehead atoms. The van der Waals surface area contributed by atoms with Crippen LogP contribution in [0, 0.1) is 0 Å². The fourth-order valence-electron chi connectivity index (χ4n) is 4.12. The molecule has 0 aromatic rings. The van der Waals surface area contributed by atoms with Gasteiger partial charge < -0.3 is 9.84 Å². The first-order valence-corrected chi connectivity index (χ1v) is 14.2. The van der Waals surface area contributed by atoms with E-state index in [1.165, 1.54) is 57.8 Å². The molecule has 0 heterocycles. The van der Waals surface area contributed by atoms with E-state index in [9.17, 15) is 9.59 Å². The molecule has 0 rings (SSSR count). The van der Waals surface area contributed by atoms with Crippen LogP contribution < -0.4 is 0 Å². The van der Waals surface area contributed by atoms with Gasteiger partial charge in [0.1, 0.15) is 6.10 Å². The van der Waals surface area contributed by atoms with Gasteiger partial charge in [-0.3, -0.25) is 9.59 Å². The number of hydrogen-bond donors (Lipinski definition) is 1. The summed E-state index contributed by atoms with van der Waals surface area (Å²) in [4.78, 5) is 22.8. The molecule has 33 heavy (non-hydrogen) atoms. The quantitative estimate of drug-likeness (QED) is 0.0827. The Bertz CT molecular complexity index is 472. The van der Waals surface area contributed by atoms with Gasteiger partial charge in [0.25, 0.3) is 0 Å². The maximum absolute atomic E-state index is 12.3. The van der Waals surface area contributed by atoms with Crippen LogP contribution in [0.3, 0.4) is 0 Å². The highest BCUT2D eigenvalue weighted by Gasteiger charge is 2.14. The topological polar surface area (TPSA) is 63.6 Å². The molecule has 4 heteroatoms. The van der Waals surface area contributed by atoms with Gasteiger partial charge in [0.15, 0.2) is 0 Å². The molecule has 0 aliphatic heterocycles. The lowest BCUT2D eigenvalue weighted by Gasteiger charge is -2.18. The van der Waals surface area contributed by atoms with Gasteiger partial charge in [-0.1, -0.05) is 96.6 Å². The van der Waals surface area contributed by atoms with Crippen LogP contribution in [-0.2, 0) is 14.3 Å². The largest absolute Gasteiger partial charge is 0.481 e. The van der Waals surface area contributed by atoms with E-state index in [-0.39, 0.29) is 18.5 Å². The van der Waals surface area contributed by atoms with Crippen molar-refractivity contribution in [2.75, 3.05) is 0 Å². The SMILES string of the molecule is CCCCCCCC/C=C\CCCC(CCCCCCCC(=O)O)OC(=O)CCCCCC. The predicted octanol–water partition coefficient (Wildman–Crippen LogP) is 9.16. The monoisotopic (exact) mass is 466 g/mol. The van der Waals surface area contributed by atoms with Gasteiger partial charge in [-0.25, -0.2) is 0 Å². The summed E-state index contributed by atoms with van der Waals surface area (Å²) in [6, 6.07) is 0. The van der Waals surface area contributed by atoms with E-state index in [1.807, 2.05) is 0 Å². The number of carbonyl (C=O) groups is 2. The molecular weight excluding hydrogens is 412 g/mol. The van der Waals surface area contributed by atoms with Gasteiger partial charge in [-0.15, -0.1) is 0 Å². The van der Waals surface area contributed by atoms with Crippen LogP contribution in [0.2, 0.25) is 0 Å². The Labute approximate surface area is 204 Å². The third kappa shape index (κ3) is 25.1. The van der Waals surface area contributed by atoms with E-state index in [1.54, 1.807) is 0 Å². The predicted molar refractivity (Wildman–Crippen MR) is 140 cm³/mol. The smallest absolute Gasteiger partial charge is 0.306 e. The average Bonchev–Trinajstić information content (AvgIpc) is 2.79. The number of carboxylic acids is 1. The fraction of sp³-hybridized carbons (Fsp3) is 0.862. The Balaban J connectivity index is 4.07. The second kappa shape index (κ2) is 25.3. The summed E-state index contributed by atoms with van der Waals surface area (Å²) in [5, 5.41) is 8.71. The minimum Gasteiger partial charge on any atom is -0.481 e. The third-order valence-electron chi connectivity index (χ3n) is 6.24. The summed E-state index contributed by atoms with van der Waals surface area (Å²) in [7, 11) is 0. The number of ether oxygens (including phenoxy) is 1. The molecule has 0 radical (unpaired) electrons. The maximum atomic E-state index is 12.3. The molecule has 0 fully saturated rings. The molecule has 1 N–H and O–H groups in total. The van der Waals surface area contributed by atoms with Gasteiger partial charge in [0.05, 0.1) is 0 Å². The zero-order valence-electron chi connectivity index (χ0n) is 22.0. The van der Waals surface area contributed by atoms with Gasteiger partial charge >= 0.3 is 11.9 Å². The summed E-state index contributed by atoms with van der Waals surface area (Å²) in [5.74, 6) is -0.738. The third-order valence-corrected chi connectivity index (χ3v) is 6.24. The van der Waals surface area contributed by atoms with E-state index in [0.29, 0.717) is 6.42 Å². The van der Waals surface area contributed by atoms with E-state index < -0.39 is 5.97 Å². The average molecular weight is 467 g/mol. The minimum atomic E-state index is -0.707. The second-order valence-electron chi connectivity index (χ2n) is 9.58. The van der Waals surface area contributed by atoms with Crippen molar-refractivity contribution in [3.8, 4) is 0 Å². The first kappa shape index (κ1) is 31.7. The Hall–Kier alpha value is -1.32. The molecule has 0 aliphatic carbocycles. The Morgan fingerprint density at radius 1 is 0.636 bits per heavy atom. The van der Waals surface area contributed by atoms with Gasteiger partial charge in [0, 0.05) is 12.8 Å². The van der Waals surface area contributed by atoms with E-state index in [2.05, 4.69) is 26.0 Å². The molecule has 1 unspecified atom stereocenters. The fourth-order valence-corrected chi connectivity index (χ4v) is 4.12. The molecule has 0 aliphatic rings. The number of aliphatic carboxylic acids is 1. The van der Waals surface area contributed by atoms with Crippen molar-refractivity contribution in [1.29, 1.82) is 0 Å². The first-order valence-electron chi connectivity index (χ1n) is 14.2. The number of carboxylic acid groups (broad SMARTS) is 1. The number of allylic oxidation sites excluding steroid dienone is 2. The number of rotatable bonds is 25. The van der Waals surface area contributed by atoms with E-state index in [0.717, 1.165) is 70.6 Å². The van der Waals surface area contributed by atoms with Crippen molar-refractivity contribution >= 4 is 11.9 Å². The summed E-state index contributed by atoms with van der Waals surface area (Å²) >= 11 is 0. The number of unbranched alkanes of at least 4 members (excludes halogenated alkanes) is 14. The van der Waals surface area contributed by atoms with E-state index in [4.69, 9.17) is 9.84 Å². The molecule has 0 aromatic carbocycles. The number of hydrogen-bond acceptors (Lipinski definition) is 3. The summed E-state index contributed by atoms with van der Waals surface area (Å²) < 4.78 is 5.84. The van der Waals surface area contributed by atoms with E-state index >= 15 is 0 Å². The van der Waals surface area contributed by atoms with Crippen molar-refractivity contribution < 1.29 is 19.4 Å². The molecule has 4 nitrogen and oxygen atoms in total. The van der Waals surface area contributed by atoms with Crippen LogP contribution in [0.4, 0.5) is 0 Å². The summed E-state index contributed by atoms with van der Waals surface area (Å²) in [6.07, 6.45) is 28.1. The lowest BCUT2D eigenvalue weighted by atomic mass is 10.0. The Morgan fingerprint density at radius 3 is 1.79 bits per heavy atom. The molecular formula is C29H54O4. The Morgan fingerprint density at radius 2 is 1.12 bits per heavy atom.